The molecule has 0 aliphatic heterocycles. The largest absolute Gasteiger partial charge is 0.465 e. The summed E-state index contributed by atoms with van der Waals surface area (Å²) >= 11 is 1.71. The van der Waals surface area contributed by atoms with Gasteiger partial charge in [0.05, 0.1) is 30.7 Å². The van der Waals surface area contributed by atoms with E-state index < -0.39 is 11.9 Å². The van der Waals surface area contributed by atoms with Gasteiger partial charge < -0.3 is 14.8 Å². The quantitative estimate of drug-likeness (QED) is 0.670. The van der Waals surface area contributed by atoms with Gasteiger partial charge in [-0.15, -0.1) is 11.3 Å². The third-order valence-electron chi connectivity index (χ3n) is 4.71. The zero-order valence-corrected chi connectivity index (χ0v) is 16.6. The molecule has 0 bridgehead atoms. The van der Waals surface area contributed by atoms with Crippen LogP contribution in [0.4, 0.5) is 11.5 Å². The highest BCUT2D eigenvalue weighted by atomic mass is 32.1. The number of carbonyl (C=O) groups is 2. The van der Waals surface area contributed by atoms with E-state index in [1.807, 2.05) is 6.92 Å². The lowest BCUT2D eigenvalue weighted by Crippen LogP contribution is -2.08. The summed E-state index contributed by atoms with van der Waals surface area (Å²) in [5.74, 6) is 0.274. The van der Waals surface area contributed by atoms with Gasteiger partial charge >= 0.3 is 11.9 Å². The smallest absolute Gasteiger partial charge is 0.337 e. The standard InChI is InChI=1S/C20H19N3O4S/c1-10-21-17(16-14-5-4-6-15(14)28-18(16)22-10)23-13-8-11(19(24)26-2)7-12(9-13)20(25)27-3/h7-9H,4-6H2,1-3H3,(H,21,22,23). The van der Waals surface area contributed by atoms with Gasteiger partial charge in [0.25, 0.3) is 0 Å². The number of anilines is 2. The molecule has 2 heterocycles. The number of hydrogen-bond acceptors (Lipinski definition) is 8. The lowest BCUT2D eigenvalue weighted by molar-refractivity contribution is 0.0599. The van der Waals surface area contributed by atoms with Crippen LogP contribution in [0.3, 0.4) is 0 Å². The van der Waals surface area contributed by atoms with Crippen molar-refractivity contribution < 1.29 is 19.1 Å². The predicted molar refractivity (Wildman–Crippen MR) is 107 cm³/mol. The lowest BCUT2D eigenvalue weighted by atomic mass is 10.1. The van der Waals surface area contributed by atoms with Crippen molar-refractivity contribution in [2.45, 2.75) is 26.2 Å². The monoisotopic (exact) mass is 397 g/mol. The number of benzene rings is 1. The molecule has 2 aromatic heterocycles. The minimum atomic E-state index is -0.533. The van der Waals surface area contributed by atoms with Crippen LogP contribution >= 0.6 is 11.3 Å². The van der Waals surface area contributed by atoms with Gasteiger partial charge in [-0.25, -0.2) is 19.6 Å². The molecule has 1 aliphatic rings. The van der Waals surface area contributed by atoms with Crippen LogP contribution in [0, 0.1) is 6.92 Å². The molecule has 8 heteroatoms. The van der Waals surface area contributed by atoms with Crippen LogP contribution in [0.15, 0.2) is 18.2 Å². The number of esters is 2. The maximum atomic E-state index is 12.0. The van der Waals surface area contributed by atoms with Crippen LogP contribution in [0.25, 0.3) is 10.2 Å². The molecule has 0 fully saturated rings. The maximum Gasteiger partial charge on any atom is 0.337 e. The molecule has 0 atom stereocenters. The number of nitrogens with one attached hydrogen (secondary N) is 1. The molecular formula is C20H19N3O4S. The van der Waals surface area contributed by atoms with Gasteiger partial charge in [-0.05, 0) is 49.9 Å². The Labute approximate surface area is 165 Å². The molecule has 144 valence electrons. The molecule has 3 aromatic rings. The highest BCUT2D eigenvalue weighted by Gasteiger charge is 2.22. The van der Waals surface area contributed by atoms with Crippen molar-refractivity contribution in [2.75, 3.05) is 19.5 Å². The first-order chi connectivity index (χ1) is 13.5. The van der Waals surface area contributed by atoms with Gasteiger partial charge in [0.15, 0.2) is 0 Å². The third kappa shape index (κ3) is 3.20. The second-order valence-corrected chi connectivity index (χ2v) is 7.65. The summed E-state index contributed by atoms with van der Waals surface area (Å²) in [6, 6.07) is 4.72. The van der Waals surface area contributed by atoms with Crippen molar-refractivity contribution in [1.82, 2.24) is 9.97 Å². The highest BCUT2D eigenvalue weighted by Crippen LogP contribution is 2.40. The van der Waals surface area contributed by atoms with Gasteiger partial charge in [0, 0.05) is 10.6 Å². The molecule has 7 nitrogen and oxygen atoms in total. The predicted octanol–water partition coefficient (Wildman–Crippen LogP) is 3.81. The second kappa shape index (κ2) is 7.20. The van der Waals surface area contributed by atoms with E-state index >= 15 is 0 Å². The van der Waals surface area contributed by atoms with Crippen LogP contribution in [0.1, 0.15) is 43.4 Å². The molecule has 0 amide bonds. The zero-order chi connectivity index (χ0) is 19.8. The SMILES string of the molecule is COC(=O)c1cc(Nc2nc(C)nc3sc4c(c23)CCC4)cc(C(=O)OC)c1. The summed E-state index contributed by atoms with van der Waals surface area (Å²) in [7, 11) is 2.60. The molecular weight excluding hydrogens is 378 g/mol. The van der Waals surface area contributed by atoms with Crippen molar-refractivity contribution in [3.05, 3.63) is 45.6 Å². The molecule has 0 radical (unpaired) electrons. The first-order valence-electron chi connectivity index (χ1n) is 8.87. The average Bonchev–Trinajstić information content (AvgIpc) is 3.26. The van der Waals surface area contributed by atoms with E-state index in [9.17, 15) is 9.59 Å². The number of hydrogen-bond donors (Lipinski definition) is 1. The van der Waals surface area contributed by atoms with Crippen molar-refractivity contribution in [3.8, 4) is 0 Å². The summed E-state index contributed by atoms with van der Waals surface area (Å²) < 4.78 is 9.61. The highest BCUT2D eigenvalue weighted by molar-refractivity contribution is 7.19. The van der Waals surface area contributed by atoms with Crippen molar-refractivity contribution >= 4 is 45.0 Å². The second-order valence-electron chi connectivity index (χ2n) is 6.56. The zero-order valence-electron chi connectivity index (χ0n) is 15.8. The van der Waals surface area contributed by atoms with Crippen LogP contribution < -0.4 is 5.32 Å². The molecule has 1 aromatic carbocycles. The minimum Gasteiger partial charge on any atom is -0.465 e. The Morgan fingerprint density at radius 1 is 1.04 bits per heavy atom. The van der Waals surface area contributed by atoms with Gasteiger partial charge in [0.1, 0.15) is 16.5 Å². The van der Waals surface area contributed by atoms with E-state index in [1.165, 1.54) is 30.7 Å². The summed E-state index contributed by atoms with van der Waals surface area (Å²) in [5, 5.41) is 4.30. The Bertz CT molecular complexity index is 1070. The molecule has 0 unspecified atom stereocenters. The van der Waals surface area contributed by atoms with Crippen LogP contribution in [0.5, 0.6) is 0 Å². The number of rotatable bonds is 4. The molecule has 0 saturated carbocycles. The fourth-order valence-corrected chi connectivity index (χ4v) is 4.81. The molecule has 28 heavy (non-hydrogen) atoms. The van der Waals surface area contributed by atoms with Crippen LogP contribution in [0.2, 0.25) is 0 Å². The van der Waals surface area contributed by atoms with Crippen LogP contribution in [-0.4, -0.2) is 36.1 Å². The van der Waals surface area contributed by atoms with E-state index in [1.54, 1.807) is 23.5 Å². The van der Waals surface area contributed by atoms with Crippen molar-refractivity contribution in [2.24, 2.45) is 0 Å². The molecule has 0 saturated heterocycles. The Morgan fingerprint density at radius 3 is 2.36 bits per heavy atom. The normalized spacial score (nSPS) is 12.7. The summed E-state index contributed by atoms with van der Waals surface area (Å²) in [6.45, 7) is 1.85. The van der Waals surface area contributed by atoms with E-state index in [0.29, 0.717) is 17.3 Å². The molecule has 4 rings (SSSR count). The van der Waals surface area contributed by atoms with Crippen molar-refractivity contribution in [1.29, 1.82) is 0 Å². The molecule has 1 aliphatic carbocycles. The van der Waals surface area contributed by atoms with E-state index in [-0.39, 0.29) is 11.1 Å². The van der Waals surface area contributed by atoms with E-state index in [2.05, 4.69) is 15.3 Å². The Hall–Kier alpha value is -3.00. The Kier molecular flexibility index (Phi) is 4.72. The first-order valence-corrected chi connectivity index (χ1v) is 9.69. The fourth-order valence-electron chi connectivity index (χ4n) is 3.50. The number of thiophene rings is 1. The third-order valence-corrected chi connectivity index (χ3v) is 5.90. The van der Waals surface area contributed by atoms with Gasteiger partial charge in [-0.3, -0.25) is 0 Å². The van der Waals surface area contributed by atoms with Gasteiger partial charge in [0.2, 0.25) is 0 Å². The summed E-state index contributed by atoms with van der Waals surface area (Å²) in [6.07, 6.45) is 3.21. The van der Waals surface area contributed by atoms with Crippen LogP contribution in [-0.2, 0) is 22.3 Å². The van der Waals surface area contributed by atoms with Gasteiger partial charge in [-0.1, -0.05) is 0 Å². The van der Waals surface area contributed by atoms with E-state index in [4.69, 9.17) is 9.47 Å². The number of aryl methyl sites for hydroxylation is 3. The minimum absolute atomic E-state index is 0.255. The Balaban J connectivity index is 1.83. The summed E-state index contributed by atoms with van der Waals surface area (Å²) in [4.78, 5) is 35.5. The van der Waals surface area contributed by atoms with Gasteiger partial charge in [-0.2, -0.15) is 0 Å². The Morgan fingerprint density at radius 2 is 1.71 bits per heavy atom. The summed E-state index contributed by atoms with van der Waals surface area (Å²) in [5.41, 5.74) is 2.36. The average molecular weight is 397 g/mol. The lowest BCUT2D eigenvalue weighted by Gasteiger charge is -2.12. The van der Waals surface area contributed by atoms with Crippen molar-refractivity contribution in [3.63, 3.8) is 0 Å². The number of nitrogens with zero attached hydrogens (tertiary/aromatic N) is 2. The number of methoxy groups -OCH3 is 2. The topological polar surface area (TPSA) is 90.4 Å². The molecule has 0 spiro atoms. The molecule has 1 N–H and O–H groups in total. The number of fused-ring (bicyclic) bond motifs is 3. The maximum absolute atomic E-state index is 12.0. The number of carbonyl (C=O) groups excluding carboxylic acids is 2. The first kappa shape index (κ1) is 18.4. The fraction of sp³-hybridized carbons (Fsp3) is 0.300. The number of aromatic nitrogens is 2. The number of ether oxygens (including phenoxy) is 2. The van der Waals surface area contributed by atoms with E-state index in [0.717, 1.165) is 29.5 Å².